The van der Waals surface area contributed by atoms with Crippen LogP contribution in [0, 0.1) is 10.1 Å². The number of carbonyl (C=O) groups excluding carboxylic acids is 1. The van der Waals surface area contributed by atoms with Crippen molar-refractivity contribution in [2.24, 2.45) is 0 Å². The highest BCUT2D eigenvalue weighted by atomic mass is 79.9. The number of amides is 1. The number of nitrogens with zero attached hydrogens (tertiary/aromatic N) is 1. The molecule has 70 valence electrons. The molecule has 1 amide bonds. The molecule has 0 aromatic carbocycles. The van der Waals surface area contributed by atoms with Gasteiger partial charge in [-0.05, 0) is 0 Å². The Hall–Kier alpha value is -0.950. The van der Waals surface area contributed by atoms with Crippen LogP contribution in [0.15, 0.2) is 11.4 Å². The maximum absolute atomic E-state index is 10.8. The summed E-state index contributed by atoms with van der Waals surface area (Å²) in [7, 11) is 0. The van der Waals surface area contributed by atoms with Gasteiger partial charge in [-0.2, -0.15) is 0 Å². The van der Waals surface area contributed by atoms with Gasteiger partial charge in [-0.1, -0.05) is 15.9 Å². The Morgan fingerprint density at radius 3 is 2.92 bits per heavy atom. The maximum atomic E-state index is 10.8. The number of nitro groups is 1. The maximum Gasteiger partial charge on any atom is 0.282 e. The van der Waals surface area contributed by atoms with E-state index in [1.54, 1.807) is 0 Å². The first-order valence-corrected chi connectivity index (χ1v) is 5.22. The van der Waals surface area contributed by atoms with Crippen molar-refractivity contribution < 1.29 is 9.72 Å². The Kier molecular flexibility index (Phi) is 3.38. The Balaban J connectivity index is 2.69. The van der Waals surface area contributed by atoms with E-state index in [2.05, 4.69) is 21.2 Å². The van der Waals surface area contributed by atoms with Crippen LogP contribution in [0.1, 0.15) is 0 Å². The van der Waals surface area contributed by atoms with Gasteiger partial charge in [0.05, 0.1) is 21.7 Å². The summed E-state index contributed by atoms with van der Waals surface area (Å²) in [5.41, 5.74) is -0.00475. The van der Waals surface area contributed by atoms with Crippen LogP contribution < -0.4 is 5.32 Å². The SMILES string of the molecule is O=C(CBr)Nc1cc([N+](=O)[O-])cs1. The number of nitrogens with one attached hydrogen (secondary N) is 1. The minimum atomic E-state index is -0.500. The number of alkyl halides is 1. The molecule has 1 aromatic heterocycles. The zero-order chi connectivity index (χ0) is 9.84. The summed E-state index contributed by atoms with van der Waals surface area (Å²) in [6.45, 7) is 0. The van der Waals surface area contributed by atoms with Crippen LogP contribution in [-0.2, 0) is 4.79 Å². The van der Waals surface area contributed by atoms with E-state index < -0.39 is 4.92 Å². The molecule has 1 aromatic rings. The summed E-state index contributed by atoms with van der Waals surface area (Å²) in [5.74, 6) is -0.225. The second-order valence-electron chi connectivity index (χ2n) is 2.11. The second-order valence-corrected chi connectivity index (χ2v) is 3.58. The third-order valence-electron chi connectivity index (χ3n) is 1.18. The summed E-state index contributed by atoms with van der Waals surface area (Å²) in [6.07, 6.45) is 0. The quantitative estimate of drug-likeness (QED) is 0.516. The van der Waals surface area contributed by atoms with Gasteiger partial charge in [-0.3, -0.25) is 14.9 Å². The Bertz CT molecular complexity index is 338. The molecule has 7 heteroatoms. The van der Waals surface area contributed by atoms with E-state index in [1.165, 1.54) is 11.4 Å². The summed E-state index contributed by atoms with van der Waals surface area (Å²) in [6, 6.07) is 1.32. The fraction of sp³-hybridized carbons (Fsp3) is 0.167. The highest BCUT2D eigenvalue weighted by molar-refractivity contribution is 9.09. The van der Waals surface area contributed by atoms with Gasteiger partial charge in [-0.25, -0.2) is 0 Å². The fourth-order valence-corrected chi connectivity index (χ4v) is 1.56. The van der Waals surface area contributed by atoms with Crippen molar-refractivity contribution in [1.29, 1.82) is 0 Å². The second kappa shape index (κ2) is 4.33. The molecule has 5 nitrogen and oxygen atoms in total. The van der Waals surface area contributed by atoms with Gasteiger partial charge >= 0.3 is 0 Å². The Morgan fingerprint density at radius 2 is 2.46 bits per heavy atom. The van der Waals surface area contributed by atoms with Crippen molar-refractivity contribution in [2.45, 2.75) is 0 Å². The van der Waals surface area contributed by atoms with Crippen LogP contribution in [0.2, 0.25) is 0 Å². The van der Waals surface area contributed by atoms with E-state index in [-0.39, 0.29) is 16.9 Å². The molecule has 0 saturated carbocycles. The first-order valence-electron chi connectivity index (χ1n) is 3.22. The zero-order valence-corrected chi connectivity index (χ0v) is 8.72. The van der Waals surface area contributed by atoms with E-state index in [9.17, 15) is 14.9 Å². The van der Waals surface area contributed by atoms with E-state index in [0.717, 1.165) is 11.3 Å². The molecule has 1 heterocycles. The lowest BCUT2D eigenvalue weighted by atomic mass is 10.5. The van der Waals surface area contributed by atoms with E-state index in [1.807, 2.05) is 0 Å². The Labute approximate surface area is 86.0 Å². The van der Waals surface area contributed by atoms with Gasteiger partial charge in [0.25, 0.3) is 5.69 Å². The molecular weight excluding hydrogens is 260 g/mol. The van der Waals surface area contributed by atoms with Gasteiger partial charge in [0.15, 0.2) is 0 Å². The number of carbonyl (C=O) groups is 1. The molecule has 0 aliphatic carbocycles. The van der Waals surface area contributed by atoms with Gasteiger partial charge in [-0.15, -0.1) is 11.3 Å². The van der Waals surface area contributed by atoms with Crippen molar-refractivity contribution >= 4 is 43.9 Å². The molecule has 0 bridgehead atoms. The average molecular weight is 265 g/mol. The number of hydrogen-bond donors (Lipinski definition) is 1. The minimum Gasteiger partial charge on any atom is -0.317 e. The summed E-state index contributed by atoms with van der Waals surface area (Å²) >= 11 is 4.09. The van der Waals surface area contributed by atoms with Crippen molar-refractivity contribution in [3.8, 4) is 0 Å². The highest BCUT2D eigenvalue weighted by Gasteiger charge is 2.10. The lowest BCUT2D eigenvalue weighted by Crippen LogP contribution is -2.10. The zero-order valence-electron chi connectivity index (χ0n) is 6.32. The summed E-state index contributed by atoms with van der Waals surface area (Å²) in [4.78, 5) is 20.6. The number of halogens is 1. The average Bonchev–Trinajstić information content (AvgIpc) is 2.52. The molecule has 0 unspecified atom stereocenters. The normalized spacial score (nSPS) is 9.62. The van der Waals surface area contributed by atoms with Crippen molar-refractivity contribution in [3.63, 3.8) is 0 Å². The third-order valence-corrected chi connectivity index (χ3v) is 2.52. The van der Waals surface area contributed by atoms with Gasteiger partial charge in [0, 0.05) is 0 Å². The number of thiophene rings is 1. The molecule has 0 aliphatic rings. The van der Waals surface area contributed by atoms with E-state index >= 15 is 0 Å². The monoisotopic (exact) mass is 264 g/mol. The van der Waals surface area contributed by atoms with Crippen LogP contribution in [0.5, 0.6) is 0 Å². The first-order chi connectivity index (χ1) is 6.13. The summed E-state index contributed by atoms with van der Waals surface area (Å²) < 4.78 is 0. The lowest BCUT2D eigenvalue weighted by molar-refractivity contribution is -0.384. The minimum absolute atomic E-state index is 0.00475. The van der Waals surface area contributed by atoms with Crippen LogP contribution in [0.4, 0.5) is 10.7 Å². The molecular formula is C6H5BrN2O3S. The number of anilines is 1. The van der Waals surface area contributed by atoms with Crippen LogP contribution in [0.25, 0.3) is 0 Å². The van der Waals surface area contributed by atoms with Gasteiger partial charge < -0.3 is 5.32 Å². The van der Waals surface area contributed by atoms with Crippen LogP contribution >= 0.6 is 27.3 Å². The van der Waals surface area contributed by atoms with Crippen LogP contribution in [-0.4, -0.2) is 16.2 Å². The molecule has 0 saturated heterocycles. The fourth-order valence-electron chi connectivity index (χ4n) is 0.658. The standard InChI is InChI=1S/C6H5BrN2O3S/c7-2-5(10)8-6-1-4(3-13-6)9(11)12/h1,3H,2H2,(H,8,10). The predicted octanol–water partition coefficient (Wildman–Crippen LogP) is 1.99. The van der Waals surface area contributed by atoms with Crippen molar-refractivity contribution in [3.05, 3.63) is 21.6 Å². The molecule has 0 aliphatic heterocycles. The van der Waals surface area contributed by atoms with E-state index in [0.29, 0.717) is 5.00 Å². The first kappa shape index (κ1) is 10.1. The highest BCUT2D eigenvalue weighted by Crippen LogP contribution is 2.25. The van der Waals surface area contributed by atoms with Crippen molar-refractivity contribution in [2.75, 3.05) is 10.6 Å². The van der Waals surface area contributed by atoms with E-state index in [4.69, 9.17) is 0 Å². The molecule has 13 heavy (non-hydrogen) atoms. The van der Waals surface area contributed by atoms with Crippen LogP contribution in [0.3, 0.4) is 0 Å². The molecule has 0 radical (unpaired) electrons. The number of hydrogen-bond acceptors (Lipinski definition) is 4. The molecule has 0 spiro atoms. The van der Waals surface area contributed by atoms with Crippen molar-refractivity contribution in [1.82, 2.24) is 0 Å². The molecule has 0 fully saturated rings. The third kappa shape index (κ3) is 2.78. The lowest BCUT2D eigenvalue weighted by Gasteiger charge is -1.95. The smallest absolute Gasteiger partial charge is 0.282 e. The number of rotatable bonds is 3. The van der Waals surface area contributed by atoms with Gasteiger partial charge in [0.2, 0.25) is 5.91 Å². The molecule has 1 rings (SSSR count). The molecule has 0 atom stereocenters. The summed E-state index contributed by atoms with van der Waals surface area (Å²) in [5, 5.41) is 14.8. The predicted molar refractivity (Wildman–Crippen MR) is 53.4 cm³/mol. The van der Waals surface area contributed by atoms with Gasteiger partial charge in [0.1, 0.15) is 5.00 Å². The topological polar surface area (TPSA) is 72.2 Å². The molecule has 1 N–H and O–H groups in total. The Morgan fingerprint density at radius 1 is 1.77 bits per heavy atom. The largest absolute Gasteiger partial charge is 0.317 e.